The average Bonchev–Trinajstić information content (AvgIpc) is 2.97. The highest BCUT2D eigenvalue weighted by Crippen LogP contribution is 2.51. The molecule has 0 aromatic heterocycles. The first kappa shape index (κ1) is 11.7. The number of nitrogens with zero attached hydrogens (tertiary/aromatic N) is 1. The molecule has 0 heterocycles. The molecule has 1 fully saturated rings. The maximum atomic E-state index is 13.0. The summed E-state index contributed by atoms with van der Waals surface area (Å²) in [5, 5.41) is 10.9. The van der Waals surface area contributed by atoms with Gasteiger partial charge in [-0.15, -0.1) is 0 Å². The van der Waals surface area contributed by atoms with E-state index in [9.17, 15) is 17.6 Å². The first-order valence-corrected chi connectivity index (χ1v) is 4.92. The smallest absolute Gasteiger partial charge is 0.371 e. The standard InChI is InChI=1S/C11H8F4N2/c12-8-3-7(6-16)4-9(5-8)17-10(1-2-10)11(13,14)15/h3-5,17H,1-2H2. The zero-order valence-corrected chi connectivity index (χ0v) is 8.61. The van der Waals surface area contributed by atoms with Crippen LogP contribution in [0.1, 0.15) is 18.4 Å². The van der Waals surface area contributed by atoms with Gasteiger partial charge in [0.25, 0.3) is 0 Å². The monoisotopic (exact) mass is 244 g/mol. The van der Waals surface area contributed by atoms with Gasteiger partial charge in [0, 0.05) is 5.69 Å². The van der Waals surface area contributed by atoms with E-state index in [-0.39, 0.29) is 24.1 Å². The molecule has 1 aromatic carbocycles. The molecule has 2 rings (SSSR count). The van der Waals surface area contributed by atoms with Gasteiger partial charge in [-0.3, -0.25) is 0 Å². The lowest BCUT2D eigenvalue weighted by Crippen LogP contribution is -2.38. The van der Waals surface area contributed by atoms with Crippen LogP contribution >= 0.6 is 0 Å². The maximum Gasteiger partial charge on any atom is 0.411 e. The van der Waals surface area contributed by atoms with Crippen molar-refractivity contribution < 1.29 is 17.6 Å². The van der Waals surface area contributed by atoms with Crippen LogP contribution in [0.15, 0.2) is 18.2 Å². The molecule has 90 valence electrons. The number of rotatable bonds is 2. The highest BCUT2D eigenvalue weighted by molar-refractivity contribution is 5.53. The Labute approximate surface area is 94.9 Å². The maximum absolute atomic E-state index is 13.0. The van der Waals surface area contributed by atoms with E-state index < -0.39 is 17.5 Å². The molecule has 0 spiro atoms. The number of hydrogen-bond donors (Lipinski definition) is 1. The van der Waals surface area contributed by atoms with Crippen molar-refractivity contribution in [3.05, 3.63) is 29.6 Å². The van der Waals surface area contributed by atoms with Crippen molar-refractivity contribution in [3.8, 4) is 6.07 Å². The van der Waals surface area contributed by atoms with Gasteiger partial charge in [0.15, 0.2) is 0 Å². The Bertz CT molecular complexity index is 483. The van der Waals surface area contributed by atoms with Gasteiger partial charge in [-0.2, -0.15) is 18.4 Å². The lowest BCUT2D eigenvalue weighted by Gasteiger charge is -2.22. The van der Waals surface area contributed by atoms with Crippen molar-refractivity contribution in [1.29, 1.82) is 5.26 Å². The molecule has 1 saturated carbocycles. The summed E-state index contributed by atoms with van der Waals surface area (Å²) < 4.78 is 51.0. The van der Waals surface area contributed by atoms with E-state index >= 15 is 0 Å². The van der Waals surface area contributed by atoms with E-state index in [0.29, 0.717) is 0 Å². The molecule has 0 unspecified atom stereocenters. The Morgan fingerprint density at radius 3 is 2.35 bits per heavy atom. The van der Waals surface area contributed by atoms with Crippen molar-refractivity contribution >= 4 is 5.69 Å². The van der Waals surface area contributed by atoms with Crippen molar-refractivity contribution in [3.63, 3.8) is 0 Å². The van der Waals surface area contributed by atoms with Crippen molar-refractivity contribution in [2.75, 3.05) is 5.32 Å². The van der Waals surface area contributed by atoms with E-state index in [1.807, 2.05) is 0 Å². The van der Waals surface area contributed by atoms with Crippen LogP contribution in [0.5, 0.6) is 0 Å². The summed E-state index contributed by atoms with van der Waals surface area (Å²) >= 11 is 0. The van der Waals surface area contributed by atoms with Crippen molar-refractivity contribution in [2.45, 2.75) is 24.6 Å². The highest BCUT2D eigenvalue weighted by atomic mass is 19.4. The summed E-state index contributed by atoms with van der Waals surface area (Å²) in [7, 11) is 0. The van der Waals surface area contributed by atoms with Gasteiger partial charge in [0.05, 0.1) is 11.6 Å². The van der Waals surface area contributed by atoms with Crippen LogP contribution in [0.2, 0.25) is 0 Å². The van der Waals surface area contributed by atoms with Gasteiger partial charge in [-0.05, 0) is 31.0 Å². The Balaban J connectivity index is 2.26. The van der Waals surface area contributed by atoms with Crippen LogP contribution in [-0.2, 0) is 0 Å². The molecule has 17 heavy (non-hydrogen) atoms. The number of benzene rings is 1. The molecule has 0 bridgehead atoms. The fourth-order valence-corrected chi connectivity index (χ4v) is 1.61. The molecular weight excluding hydrogens is 236 g/mol. The molecule has 1 aromatic rings. The summed E-state index contributed by atoms with van der Waals surface area (Å²) in [5.41, 5.74) is -1.98. The molecule has 2 nitrogen and oxygen atoms in total. The lowest BCUT2D eigenvalue weighted by atomic mass is 10.1. The van der Waals surface area contributed by atoms with Crippen LogP contribution in [0.4, 0.5) is 23.2 Å². The molecule has 0 atom stereocenters. The Morgan fingerprint density at radius 1 is 1.24 bits per heavy atom. The van der Waals surface area contributed by atoms with Crippen LogP contribution in [0, 0.1) is 17.1 Å². The minimum Gasteiger partial charge on any atom is -0.371 e. The van der Waals surface area contributed by atoms with Crippen molar-refractivity contribution in [2.24, 2.45) is 0 Å². The molecule has 1 aliphatic carbocycles. The molecule has 6 heteroatoms. The highest BCUT2D eigenvalue weighted by Gasteiger charge is 2.63. The van der Waals surface area contributed by atoms with E-state index in [4.69, 9.17) is 5.26 Å². The fourth-order valence-electron chi connectivity index (χ4n) is 1.61. The molecule has 0 radical (unpaired) electrons. The molecule has 0 aliphatic heterocycles. The number of anilines is 1. The number of halogens is 4. The minimum absolute atomic E-state index is 0.00882. The second-order valence-electron chi connectivity index (χ2n) is 4.05. The Morgan fingerprint density at radius 2 is 1.88 bits per heavy atom. The van der Waals surface area contributed by atoms with E-state index in [1.54, 1.807) is 6.07 Å². The average molecular weight is 244 g/mol. The third-order valence-electron chi connectivity index (χ3n) is 2.70. The largest absolute Gasteiger partial charge is 0.411 e. The molecule has 0 amide bonds. The van der Waals surface area contributed by atoms with Crippen LogP contribution in [0.3, 0.4) is 0 Å². The van der Waals surface area contributed by atoms with Gasteiger partial charge >= 0.3 is 6.18 Å². The SMILES string of the molecule is N#Cc1cc(F)cc(NC2(C(F)(F)F)CC2)c1. The third-order valence-corrected chi connectivity index (χ3v) is 2.70. The summed E-state index contributed by atoms with van der Waals surface area (Å²) in [5.74, 6) is -0.732. The zero-order valence-electron chi connectivity index (χ0n) is 8.61. The van der Waals surface area contributed by atoms with Crippen LogP contribution < -0.4 is 5.32 Å². The second-order valence-corrected chi connectivity index (χ2v) is 4.05. The molecular formula is C11H8F4N2. The third kappa shape index (κ3) is 2.18. The zero-order chi connectivity index (χ0) is 12.7. The lowest BCUT2D eigenvalue weighted by molar-refractivity contribution is -0.151. The summed E-state index contributed by atoms with van der Waals surface area (Å²) in [6, 6.07) is 4.82. The van der Waals surface area contributed by atoms with Gasteiger partial charge < -0.3 is 5.32 Å². The predicted molar refractivity (Wildman–Crippen MR) is 52.8 cm³/mol. The number of nitriles is 1. The first-order valence-electron chi connectivity index (χ1n) is 4.92. The number of nitrogens with one attached hydrogen (secondary N) is 1. The first-order chi connectivity index (χ1) is 7.86. The summed E-state index contributed by atoms with van der Waals surface area (Å²) in [4.78, 5) is 0. The fraction of sp³-hybridized carbons (Fsp3) is 0.364. The summed E-state index contributed by atoms with van der Waals surface area (Å²) in [6.07, 6.45) is -4.43. The topological polar surface area (TPSA) is 35.8 Å². The Hall–Kier alpha value is -1.77. The second kappa shape index (κ2) is 3.62. The Kier molecular flexibility index (Phi) is 2.49. The van der Waals surface area contributed by atoms with E-state index in [1.165, 1.54) is 6.07 Å². The van der Waals surface area contributed by atoms with Crippen LogP contribution in [0.25, 0.3) is 0 Å². The van der Waals surface area contributed by atoms with Crippen LogP contribution in [-0.4, -0.2) is 11.7 Å². The number of hydrogen-bond acceptors (Lipinski definition) is 2. The van der Waals surface area contributed by atoms with E-state index in [2.05, 4.69) is 5.32 Å². The normalized spacial score (nSPS) is 17.4. The molecule has 0 saturated heterocycles. The predicted octanol–water partition coefficient (Wildman–Crippen LogP) is 3.20. The van der Waals surface area contributed by atoms with Gasteiger partial charge in [0.2, 0.25) is 0 Å². The summed E-state index contributed by atoms with van der Waals surface area (Å²) in [6.45, 7) is 0. The quantitative estimate of drug-likeness (QED) is 0.811. The molecule has 1 aliphatic rings. The van der Waals surface area contributed by atoms with Gasteiger partial charge in [-0.25, -0.2) is 4.39 Å². The number of alkyl halides is 3. The minimum atomic E-state index is -4.37. The molecule has 1 N–H and O–H groups in total. The van der Waals surface area contributed by atoms with Gasteiger partial charge in [-0.1, -0.05) is 0 Å². The van der Waals surface area contributed by atoms with Crippen molar-refractivity contribution in [1.82, 2.24) is 0 Å². The van der Waals surface area contributed by atoms with Gasteiger partial charge in [0.1, 0.15) is 11.4 Å². The van der Waals surface area contributed by atoms with E-state index in [0.717, 1.165) is 12.1 Å².